The summed E-state index contributed by atoms with van der Waals surface area (Å²) in [5.41, 5.74) is -3.08. The lowest BCUT2D eigenvalue weighted by Gasteiger charge is -2.35. The molecule has 0 radical (unpaired) electrons. The van der Waals surface area contributed by atoms with Gasteiger partial charge in [-0.05, 0) is 6.92 Å². The molecule has 0 aliphatic heterocycles. The molecular formula is C9H11F7. The molecule has 0 spiro atoms. The molecule has 1 fully saturated rings. The molecule has 7 heteroatoms. The Morgan fingerprint density at radius 1 is 0.812 bits per heavy atom. The van der Waals surface area contributed by atoms with Crippen LogP contribution in [0, 0.1) is 17.3 Å². The number of alkyl halides is 7. The minimum Gasteiger partial charge on any atom is -0.200 e. The Morgan fingerprint density at radius 2 is 1.06 bits per heavy atom. The lowest BCUT2D eigenvalue weighted by molar-refractivity contribution is -0.251. The minimum absolute atomic E-state index is 0.428. The molecule has 1 aliphatic carbocycles. The quantitative estimate of drug-likeness (QED) is 0.569. The van der Waals surface area contributed by atoms with Gasteiger partial charge in [0.1, 0.15) is 0 Å². The van der Waals surface area contributed by atoms with Crippen molar-refractivity contribution in [2.45, 2.75) is 38.8 Å². The van der Waals surface area contributed by atoms with E-state index in [1.54, 1.807) is 0 Å². The van der Waals surface area contributed by atoms with Gasteiger partial charge >= 0.3 is 18.0 Å². The summed E-state index contributed by atoms with van der Waals surface area (Å²) in [7, 11) is 0. The summed E-state index contributed by atoms with van der Waals surface area (Å²) in [6, 6.07) is 0. The van der Waals surface area contributed by atoms with Gasteiger partial charge < -0.3 is 0 Å². The van der Waals surface area contributed by atoms with Crippen LogP contribution in [0.25, 0.3) is 0 Å². The molecule has 0 saturated heterocycles. The van der Waals surface area contributed by atoms with Crippen LogP contribution < -0.4 is 0 Å². The normalized spacial score (nSPS) is 42.4. The number of rotatable bonds is 0. The molecule has 0 nitrogen and oxygen atoms in total. The van der Waals surface area contributed by atoms with Crippen LogP contribution in [-0.4, -0.2) is 18.0 Å². The molecule has 1 saturated carbocycles. The van der Waals surface area contributed by atoms with Crippen molar-refractivity contribution in [1.82, 2.24) is 0 Å². The molecular weight excluding hydrogens is 241 g/mol. The summed E-state index contributed by atoms with van der Waals surface area (Å²) in [6.07, 6.45) is -5.09. The van der Waals surface area contributed by atoms with Crippen LogP contribution in [-0.2, 0) is 0 Å². The summed E-state index contributed by atoms with van der Waals surface area (Å²) in [5.74, 6) is -14.2. The lowest BCUT2D eigenvalue weighted by atomic mass is 9.74. The van der Waals surface area contributed by atoms with E-state index < -0.39 is 35.3 Å². The third-order valence-corrected chi connectivity index (χ3v) is 3.94. The van der Waals surface area contributed by atoms with Gasteiger partial charge in [-0.2, -0.15) is 30.7 Å². The number of hydrogen-bond acceptors (Lipinski definition) is 0. The zero-order valence-electron chi connectivity index (χ0n) is 8.80. The maximum absolute atomic E-state index is 13.1. The van der Waals surface area contributed by atoms with Gasteiger partial charge in [0.2, 0.25) is 0 Å². The zero-order chi connectivity index (χ0) is 13.2. The van der Waals surface area contributed by atoms with Gasteiger partial charge in [0.05, 0.1) is 5.41 Å². The van der Waals surface area contributed by atoms with Crippen molar-refractivity contribution in [2.24, 2.45) is 17.3 Å². The second-order valence-electron chi connectivity index (χ2n) is 4.47. The summed E-state index contributed by atoms with van der Waals surface area (Å²) in [4.78, 5) is 0. The minimum atomic E-state index is -5.09. The fourth-order valence-corrected chi connectivity index (χ4v) is 2.20. The first-order chi connectivity index (χ1) is 6.81. The Morgan fingerprint density at radius 3 is 1.19 bits per heavy atom. The fourth-order valence-electron chi connectivity index (χ4n) is 2.20. The maximum atomic E-state index is 13.1. The van der Waals surface area contributed by atoms with Crippen LogP contribution in [0.3, 0.4) is 0 Å². The average Bonchev–Trinajstić information content (AvgIpc) is 2.18. The van der Waals surface area contributed by atoms with Gasteiger partial charge in [0.25, 0.3) is 0 Å². The van der Waals surface area contributed by atoms with Crippen LogP contribution in [0.1, 0.15) is 20.8 Å². The van der Waals surface area contributed by atoms with E-state index in [0.29, 0.717) is 20.8 Å². The summed E-state index contributed by atoms with van der Waals surface area (Å²) < 4.78 is 90.6. The first kappa shape index (κ1) is 13.6. The van der Waals surface area contributed by atoms with Crippen LogP contribution >= 0.6 is 0 Å². The van der Waals surface area contributed by atoms with Crippen LogP contribution in [0.15, 0.2) is 0 Å². The van der Waals surface area contributed by atoms with Gasteiger partial charge in [0, 0.05) is 11.8 Å². The molecule has 0 amide bonds. The first-order valence-corrected chi connectivity index (χ1v) is 4.63. The second-order valence-corrected chi connectivity index (χ2v) is 4.47. The van der Waals surface area contributed by atoms with E-state index in [1.165, 1.54) is 0 Å². The zero-order valence-corrected chi connectivity index (χ0v) is 8.80. The molecule has 2 unspecified atom stereocenters. The predicted molar refractivity (Wildman–Crippen MR) is 42.4 cm³/mol. The third kappa shape index (κ3) is 1.23. The van der Waals surface area contributed by atoms with Gasteiger partial charge in [-0.15, -0.1) is 0 Å². The number of halogens is 7. The Bertz CT molecular complexity index is 271. The predicted octanol–water partition coefficient (Wildman–Crippen LogP) is 4.11. The van der Waals surface area contributed by atoms with Crippen molar-refractivity contribution in [3.8, 4) is 0 Å². The van der Waals surface area contributed by atoms with Crippen molar-refractivity contribution in [2.75, 3.05) is 0 Å². The highest BCUT2D eigenvalue weighted by Crippen LogP contribution is 2.67. The molecule has 0 bridgehead atoms. The van der Waals surface area contributed by atoms with E-state index in [-0.39, 0.29) is 0 Å². The molecule has 2 atom stereocenters. The van der Waals surface area contributed by atoms with Crippen molar-refractivity contribution in [3.05, 3.63) is 0 Å². The van der Waals surface area contributed by atoms with Crippen molar-refractivity contribution >= 4 is 0 Å². The molecule has 16 heavy (non-hydrogen) atoms. The highest BCUT2D eigenvalue weighted by atomic mass is 19.4. The summed E-state index contributed by atoms with van der Waals surface area (Å²) in [5, 5.41) is 0. The number of hydrogen-bond donors (Lipinski definition) is 0. The van der Waals surface area contributed by atoms with E-state index in [2.05, 4.69) is 0 Å². The van der Waals surface area contributed by atoms with E-state index in [9.17, 15) is 30.7 Å². The molecule has 0 aromatic heterocycles. The monoisotopic (exact) mass is 252 g/mol. The molecule has 0 aromatic rings. The van der Waals surface area contributed by atoms with E-state index in [4.69, 9.17) is 0 Å². The van der Waals surface area contributed by atoms with Gasteiger partial charge in [-0.1, -0.05) is 13.8 Å². The van der Waals surface area contributed by atoms with Crippen molar-refractivity contribution in [3.63, 3.8) is 0 Å². The molecule has 0 heterocycles. The highest BCUT2D eigenvalue weighted by molar-refractivity contribution is 5.13. The summed E-state index contributed by atoms with van der Waals surface area (Å²) >= 11 is 0. The molecule has 0 N–H and O–H groups in total. The second kappa shape index (κ2) is 3.04. The lowest BCUT2D eigenvalue weighted by Crippen LogP contribution is -2.44. The van der Waals surface area contributed by atoms with Crippen molar-refractivity contribution < 1.29 is 30.7 Å². The van der Waals surface area contributed by atoms with E-state index in [0.717, 1.165) is 0 Å². The molecule has 1 aliphatic rings. The standard InChI is InChI=1S/C9H11F7/c1-4-6(3,9(14,15)16)5(2)8(12,13)7(4,10)11/h4-5H,1-3H3. The van der Waals surface area contributed by atoms with Crippen molar-refractivity contribution in [1.29, 1.82) is 0 Å². The Balaban J connectivity index is 3.38. The SMILES string of the molecule is CC1C(F)(F)C(F)(F)C(C)C1(C)C(F)(F)F. The third-order valence-electron chi connectivity index (χ3n) is 3.94. The van der Waals surface area contributed by atoms with E-state index >= 15 is 0 Å². The van der Waals surface area contributed by atoms with Gasteiger partial charge in [-0.3, -0.25) is 0 Å². The smallest absolute Gasteiger partial charge is 0.200 e. The van der Waals surface area contributed by atoms with Gasteiger partial charge in [0.15, 0.2) is 0 Å². The van der Waals surface area contributed by atoms with Crippen LogP contribution in [0.4, 0.5) is 30.7 Å². The van der Waals surface area contributed by atoms with Crippen LogP contribution in [0.5, 0.6) is 0 Å². The van der Waals surface area contributed by atoms with E-state index in [1.807, 2.05) is 0 Å². The van der Waals surface area contributed by atoms with Crippen LogP contribution in [0.2, 0.25) is 0 Å². The molecule has 1 rings (SSSR count). The molecule has 96 valence electrons. The maximum Gasteiger partial charge on any atom is 0.395 e. The fraction of sp³-hybridized carbons (Fsp3) is 1.00. The average molecular weight is 252 g/mol. The first-order valence-electron chi connectivity index (χ1n) is 4.63. The Labute approximate surface area is 87.8 Å². The van der Waals surface area contributed by atoms with Gasteiger partial charge in [-0.25, -0.2) is 0 Å². The summed E-state index contributed by atoms with van der Waals surface area (Å²) in [6.45, 7) is 1.47. The topological polar surface area (TPSA) is 0 Å². The largest absolute Gasteiger partial charge is 0.395 e. The highest BCUT2D eigenvalue weighted by Gasteiger charge is 2.81. The Hall–Kier alpha value is -0.490. The molecule has 0 aromatic carbocycles. The Kier molecular flexibility index (Phi) is 2.58.